The van der Waals surface area contributed by atoms with Gasteiger partial charge in [-0.3, -0.25) is 14.9 Å². The number of nitro benzene ring substituents is 1. The Balaban J connectivity index is 2.01. The second-order valence-electron chi connectivity index (χ2n) is 4.70. The molecular weight excluding hydrogens is 330 g/mol. The Bertz CT molecular complexity index is 817. The second-order valence-corrected chi connectivity index (χ2v) is 4.70. The largest absolute Gasteiger partial charge is 0.546 e. The number of nitrogens with zero attached hydrogens (tertiary/aromatic N) is 2. The number of hydrogen-bond acceptors (Lipinski definition) is 7. The van der Waals surface area contributed by atoms with Gasteiger partial charge in [-0.25, -0.2) is 5.43 Å². The average molecular weight is 342 g/mol. The Morgan fingerprint density at radius 3 is 2.48 bits per heavy atom. The Labute approximate surface area is 141 Å². The van der Waals surface area contributed by atoms with Crippen LogP contribution in [-0.2, 0) is 4.79 Å². The van der Waals surface area contributed by atoms with E-state index < -0.39 is 23.4 Å². The van der Waals surface area contributed by atoms with Gasteiger partial charge in [0.05, 0.1) is 17.1 Å². The fourth-order valence-corrected chi connectivity index (χ4v) is 1.81. The van der Waals surface area contributed by atoms with Crippen LogP contribution in [0.3, 0.4) is 0 Å². The zero-order valence-electron chi connectivity index (χ0n) is 12.7. The number of carbonyl (C=O) groups excluding carboxylic acids is 2. The van der Waals surface area contributed by atoms with Crippen LogP contribution in [0.2, 0.25) is 0 Å². The maximum absolute atomic E-state index is 11.9. The monoisotopic (exact) mass is 342 g/mol. The van der Waals surface area contributed by atoms with Crippen LogP contribution in [0.4, 0.5) is 5.69 Å². The minimum atomic E-state index is -1.36. The number of para-hydroxylation sites is 1. The first-order valence-electron chi connectivity index (χ1n) is 6.97. The molecule has 0 saturated carbocycles. The molecule has 0 aliphatic rings. The first-order chi connectivity index (χ1) is 12.0. The van der Waals surface area contributed by atoms with Gasteiger partial charge >= 0.3 is 0 Å². The van der Waals surface area contributed by atoms with E-state index in [1.54, 1.807) is 24.3 Å². The van der Waals surface area contributed by atoms with Crippen LogP contribution in [0.5, 0.6) is 5.75 Å². The zero-order chi connectivity index (χ0) is 18.2. The van der Waals surface area contributed by atoms with E-state index in [0.717, 1.165) is 0 Å². The summed E-state index contributed by atoms with van der Waals surface area (Å²) >= 11 is 0. The van der Waals surface area contributed by atoms with Crippen molar-refractivity contribution in [3.63, 3.8) is 0 Å². The van der Waals surface area contributed by atoms with Crippen LogP contribution in [0.1, 0.15) is 15.9 Å². The number of aliphatic carboxylic acids is 1. The van der Waals surface area contributed by atoms with Crippen molar-refractivity contribution in [1.82, 2.24) is 5.43 Å². The lowest BCUT2D eigenvalue weighted by atomic mass is 10.2. The van der Waals surface area contributed by atoms with E-state index in [0.29, 0.717) is 5.56 Å². The molecule has 0 saturated heterocycles. The number of non-ortho nitro benzene ring substituents is 1. The number of nitrogens with one attached hydrogen (secondary N) is 1. The third kappa shape index (κ3) is 5.13. The molecule has 128 valence electrons. The molecule has 2 aromatic rings. The maximum Gasteiger partial charge on any atom is 0.271 e. The lowest BCUT2D eigenvalue weighted by Gasteiger charge is -2.09. The molecule has 0 aliphatic carbocycles. The predicted molar refractivity (Wildman–Crippen MR) is 85.1 cm³/mol. The third-order valence-corrected chi connectivity index (χ3v) is 2.97. The van der Waals surface area contributed by atoms with Gasteiger partial charge in [-0.1, -0.05) is 12.1 Å². The highest BCUT2D eigenvalue weighted by Gasteiger charge is 2.08. The number of nitro groups is 1. The molecule has 0 bridgehead atoms. The van der Waals surface area contributed by atoms with Gasteiger partial charge in [0.1, 0.15) is 12.4 Å². The van der Waals surface area contributed by atoms with E-state index in [1.165, 1.54) is 30.5 Å². The summed E-state index contributed by atoms with van der Waals surface area (Å²) in [5.41, 5.74) is 2.79. The highest BCUT2D eigenvalue weighted by molar-refractivity contribution is 5.95. The number of carboxylic acids is 1. The van der Waals surface area contributed by atoms with E-state index in [4.69, 9.17) is 4.74 Å². The fourth-order valence-electron chi connectivity index (χ4n) is 1.81. The topological polar surface area (TPSA) is 134 Å². The van der Waals surface area contributed by atoms with Crippen LogP contribution in [0.25, 0.3) is 0 Å². The predicted octanol–water partition coefficient (Wildman–Crippen LogP) is 0.487. The molecule has 2 rings (SSSR count). The van der Waals surface area contributed by atoms with Gasteiger partial charge in [-0.2, -0.15) is 5.10 Å². The molecule has 9 nitrogen and oxygen atoms in total. The Kier molecular flexibility index (Phi) is 5.77. The number of carboxylic acid groups (broad SMARTS) is 1. The molecule has 0 heterocycles. The Morgan fingerprint density at radius 1 is 1.16 bits per heavy atom. The van der Waals surface area contributed by atoms with Crippen LogP contribution >= 0.6 is 0 Å². The van der Waals surface area contributed by atoms with Gasteiger partial charge in [-0.15, -0.1) is 0 Å². The standard InChI is InChI=1S/C16H13N3O6/c20-15(21)10-25-14-4-2-1-3-12(14)9-17-18-16(22)11-5-7-13(8-6-11)19(23)24/h1-9H,10H2,(H,18,22)(H,20,21)/p-1/b17-9+. The van der Waals surface area contributed by atoms with E-state index in [1.807, 2.05) is 0 Å². The summed E-state index contributed by atoms with van der Waals surface area (Å²) in [6, 6.07) is 11.5. The van der Waals surface area contributed by atoms with Gasteiger partial charge in [0.25, 0.3) is 11.6 Å². The third-order valence-electron chi connectivity index (χ3n) is 2.97. The van der Waals surface area contributed by atoms with Gasteiger partial charge in [-0.05, 0) is 24.3 Å². The summed E-state index contributed by atoms with van der Waals surface area (Å²) in [5, 5.41) is 24.8. The number of rotatable bonds is 7. The fraction of sp³-hybridized carbons (Fsp3) is 0.0625. The first kappa shape index (κ1) is 17.6. The molecule has 0 fully saturated rings. The minimum Gasteiger partial charge on any atom is -0.546 e. The van der Waals surface area contributed by atoms with E-state index in [-0.39, 0.29) is 17.0 Å². The number of amides is 1. The molecule has 25 heavy (non-hydrogen) atoms. The van der Waals surface area contributed by atoms with Crippen LogP contribution in [-0.4, -0.2) is 29.6 Å². The van der Waals surface area contributed by atoms with Crippen molar-refractivity contribution in [3.8, 4) is 5.75 Å². The van der Waals surface area contributed by atoms with E-state index >= 15 is 0 Å². The molecule has 9 heteroatoms. The van der Waals surface area contributed by atoms with Crippen LogP contribution < -0.4 is 15.3 Å². The maximum atomic E-state index is 11.9. The molecule has 2 aromatic carbocycles. The van der Waals surface area contributed by atoms with E-state index in [2.05, 4.69) is 10.5 Å². The quantitative estimate of drug-likeness (QED) is 0.442. The number of hydrazone groups is 1. The number of ether oxygens (including phenoxy) is 1. The van der Waals surface area contributed by atoms with Crippen LogP contribution in [0.15, 0.2) is 53.6 Å². The van der Waals surface area contributed by atoms with Gasteiger partial charge < -0.3 is 14.6 Å². The average Bonchev–Trinajstić information content (AvgIpc) is 2.60. The Hall–Kier alpha value is -3.75. The van der Waals surface area contributed by atoms with Crippen molar-refractivity contribution >= 4 is 23.8 Å². The highest BCUT2D eigenvalue weighted by Crippen LogP contribution is 2.15. The number of hydrogen-bond donors (Lipinski definition) is 1. The number of benzene rings is 2. The summed E-state index contributed by atoms with van der Waals surface area (Å²) in [6.45, 7) is -0.611. The molecule has 0 radical (unpaired) electrons. The zero-order valence-corrected chi connectivity index (χ0v) is 12.7. The smallest absolute Gasteiger partial charge is 0.271 e. The normalized spacial score (nSPS) is 10.4. The first-order valence-corrected chi connectivity index (χ1v) is 6.97. The van der Waals surface area contributed by atoms with Crippen molar-refractivity contribution in [2.75, 3.05) is 6.61 Å². The number of carbonyl (C=O) groups is 2. The highest BCUT2D eigenvalue weighted by atomic mass is 16.6. The molecule has 0 aliphatic heterocycles. The summed E-state index contributed by atoms with van der Waals surface area (Å²) in [6.07, 6.45) is 1.29. The van der Waals surface area contributed by atoms with Crippen molar-refractivity contribution < 1.29 is 24.4 Å². The van der Waals surface area contributed by atoms with Gasteiger partial charge in [0, 0.05) is 23.3 Å². The van der Waals surface area contributed by atoms with Crippen molar-refractivity contribution in [1.29, 1.82) is 0 Å². The lowest BCUT2D eigenvalue weighted by Crippen LogP contribution is -2.29. The molecule has 0 unspecified atom stereocenters. The Morgan fingerprint density at radius 2 is 1.84 bits per heavy atom. The van der Waals surface area contributed by atoms with Gasteiger partial charge in [0.15, 0.2) is 0 Å². The minimum absolute atomic E-state index is 0.126. The molecule has 0 spiro atoms. The lowest BCUT2D eigenvalue weighted by molar-refractivity contribution is -0.384. The summed E-state index contributed by atoms with van der Waals surface area (Å²) in [4.78, 5) is 32.3. The molecule has 1 N–H and O–H groups in total. The van der Waals surface area contributed by atoms with Crippen molar-refractivity contribution in [2.45, 2.75) is 0 Å². The summed E-state index contributed by atoms with van der Waals surface area (Å²) in [7, 11) is 0. The van der Waals surface area contributed by atoms with Crippen LogP contribution in [0, 0.1) is 10.1 Å². The summed E-state index contributed by atoms with van der Waals surface area (Å²) in [5.74, 6) is -1.66. The van der Waals surface area contributed by atoms with Crippen molar-refractivity contribution in [2.24, 2.45) is 5.10 Å². The van der Waals surface area contributed by atoms with E-state index in [9.17, 15) is 24.8 Å². The molecule has 0 aromatic heterocycles. The molecule has 0 atom stereocenters. The molecule has 1 amide bonds. The SMILES string of the molecule is O=C([O-])COc1ccccc1/C=N/NC(=O)c1ccc([N+](=O)[O-])cc1. The summed E-state index contributed by atoms with van der Waals surface area (Å²) < 4.78 is 5.05. The van der Waals surface area contributed by atoms with Crippen molar-refractivity contribution in [3.05, 3.63) is 69.8 Å². The molecular formula is C16H12N3O6-. The van der Waals surface area contributed by atoms with Gasteiger partial charge in [0.2, 0.25) is 0 Å². The second kappa shape index (κ2) is 8.20.